The van der Waals surface area contributed by atoms with Crippen molar-refractivity contribution in [2.45, 2.75) is 25.4 Å². The van der Waals surface area contributed by atoms with Crippen molar-refractivity contribution in [1.82, 2.24) is 9.88 Å². The highest BCUT2D eigenvalue weighted by atomic mass is 19.1. The van der Waals surface area contributed by atoms with Crippen LogP contribution in [0.4, 0.5) is 13.2 Å². The molecule has 1 fully saturated rings. The zero-order chi connectivity index (χ0) is 25.7. The van der Waals surface area contributed by atoms with Crippen LogP contribution in [0, 0.1) is 35.3 Å². The Balaban J connectivity index is 1.38. The number of piperidine rings is 1. The van der Waals surface area contributed by atoms with Gasteiger partial charge in [0.1, 0.15) is 23.6 Å². The molecule has 3 atom stereocenters. The maximum atomic E-state index is 15.3. The summed E-state index contributed by atoms with van der Waals surface area (Å²) in [6, 6.07) is 10.1. The van der Waals surface area contributed by atoms with Gasteiger partial charge in [0.05, 0.1) is 25.1 Å². The van der Waals surface area contributed by atoms with Gasteiger partial charge in [-0.25, -0.2) is 13.2 Å². The summed E-state index contributed by atoms with van der Waals surface area (Å²) < 4.78 is 47.3. The number of aromatic nitrogens is 1. The summed E-state index contributed by atoms with van der Waals surface area (Å²) in [5, 5.41) is 10.5. The minimum Gasteiger partial charge on any atom is -0.497 e. The first kappa shape index (κ1) is 25.5. The van der Waals surface area contributed by atoms with Gasteiger partial charge in [0.25, 0.3) is 0 Å². The molecule has 5 nitrogen and oxygen atoms in total. The van der Waals surface area contributed by atoms with Crippen molar-refractivity contribution in [2.24, 2.45) is 11.8 Å². The van der Waals surface area contributed by atoms with Crippen LogP contribution in [0.25, 0.3) is 10.9 Å². The molecule has 0 bridgehead atoms. The topological polar surface area (TPSA) is 62.7 Å². The number of carboxylic acids is 1. The SMILES string of the molecule is COc1ccc2nccc(C(F)CC[C@@H]3CCN(CC#Cc4cc(F)cc(F)c4)C[C@@H]3C(=O)O)c2c1. The number of hydrogen-bond donors (Lipinski definition) is 1. The van der Waals surface area contributed by atoms with E-state index in [0.717, 1.165) is 18.2 Å². The fourth-order valence-electron chi connectivity index (χ4n) is 4.78. The second-order valence-electron chi connectivity index (χ2n) is 9.02. The van der Waals surface area contributed by atoms with Gasteiger partial charge in [-0.1, -0.05) is 11.8 Å². The van der Waals surface area contributed by atoms with Crippen LogP contribution >= 0.6 is 0 Å². The van der Waals surface area contributed by atoms with Crippen LogP contribution in [0.1, 0.15) is 36.6 Å². The van der Waals surface area contributed by atoms with Gasteiger partial charge in [-0.05, 0) is 73.7 Å². The molecule has 1 aliphatic rings. The van der Waals surface area contributed by atoms with E-state index in [1.807, 2.05) is 4.90 Å². The van der Waals surface area contributed by atoms with Gasteiger partial charge < -0.3 is 9.84 Å². The molecule has 0 amide bonds. The van der Waals surface area contributed by atoms with Crippen LogP contribution in [0.15, 0.2) is 48.7 Å². The van der Waals surface area contributed by atoms with E-state index in [9.17, 15) is 18.7 Å². The van der Waals surface area contributed by atoms with E-state index < -0.39 is 29.7 Å². The van der Waals surface area contributed by atoms with E-state index in [1.165, 1.54) is 0 Å². The Morgan fingerprint density at radius 2 is 2.00 bits per heavy atom. The number of aliphatic carboxylic acids is 1. The largest absolute Gasteiger partial charge is 0.497 e. The number of methoxy groups -OCH3 is 1. The van der Waals surface area contributed by atoms with Crippen LogP contribution < -0.4 is 4.74 Å². The lowest BCUT2D eigenvalue weighted by Gasteiger charge is -2.35. The van der Waals surface area contributed by atoms with Crippen LogP contribution in [-0.4, -0.2) is 47.7 Å². The molecule has 3 aromatic rings. The summed E-state index contributed by atoms with van der Waals surface area (Å²) in [5.41, 5.74) is 1.43. The fourth-order valence-corrected chi connectivity index (χ4v) is 4.78. The first-order valence-corrected chi connectivity index (χ1v) is 11.8. The van der Waals surface area contributed by atoms with Crippen molar-refractivity contribution in [3.63, 3.8) is 0 Å². The average Bonchev–Trinajstić information content (AvgIpc) is 2.86. The summed E-state index contributed by atoms with van der Waals surface area (Å²) in [7, 11) is 1.55. The lowest BCUT2D eigenvalue weighted by atomic mass is 9.81. The van der Waals surface area contributed by atoms with Crippen molar-refractivity contribution in [3.05, 3.63) is 71.4 Å². The van der Waals surface area contributed by atoms with E-state index in [1.54, 1.807) is 37.6 Å². The number of alkyl halides is 1. The van der Waals surface area contributed by atoms with Gasteiger partial charge in [-0.3, -0.25) is 14.7 Å². The third-order valence-corrected chi connectivity index (χ3v) is 6.67. The molecule has 2 aromatic carbocycles. The molecule has 0 aliphatic carbocycles. The molecular weight excluding hydrogens is 469 g/mol. The molecule has 1 N–H and O–H groups in total. The second-order valence-corrected chi connectivity index (χ2v) is 9.02. The number of halogens is 3. The van der Waals surface area contributed by atoms with Crippen LogP contribution in [0.5, 0.6) is 5.75 Å². The first-order valence-electron chi connectivity index (χ1n) is 11.8. The number of likely N-dealkylation sites (tertiary alicyclic amines) is 1. The number of carboxylic acid groups (broad SMARTS) is 1. The summed E-state index contributed by atoms with van der Waals surface area (Å²) in [6.45, 7) is 1.19. The highest BCUT2D eigenvalue weighted by molar-refractivity contribution is 5.83. The fraction of sp³-hybridized carbons (Fsp3) is 0.357. The zero-order valence-corrected chi connectivity index (χ0v) is 19.9. The normalized spacial score (nSPS) is 18.9. The van der Waals surface area contributed by atoms with Gasteiger partial charge in [0.2, 0.25) is 0 Å². The Kier molecular flexibility index (Phi) is 8.11. The van der Waals surface area contributed by atoms with Crippen molar-refractivity contribution < 1.29 is 27.8 Å². The molecule has 188 valence electrons. The molecule has 1 aliphatic heterocycles. The smallest absolute Gasteiger partial charge is 0.308 e. The van der Waals surface area contributed by atoms with E-state index in [2.05, 4.69) is 16.8 Å². The Morgan fingerprint density at radius 1 is 1.22 bits per heavy atom. The molecule has 4 rings (SSSR count). The van der Waals surface area contributed by atoms with E-state index in [4.69, 9.17) is 4.74 Å². The van der Waals surface area contributed by atoms with Gasteiger partial charge >= 0.3 is 5.97 Å². The lowest BCUT2D eigenvalue weighted by molar-refractivity contribution is -0.146. The number of nitrogens with zero attached hydrogens (tertiary/aromatic N) is 2. The molecule has 0 saturated carbocycles. The molecular formula is C28H27F3N2O3. The Bertz CT molecular complexity index is 1280. The predicted octanol–water partition coefficient (Wildman–Crippen LogP) is 5.39. The molecule has 36 heavy (non-hydrogen) atoms. The minimum atomic E-state index is -1.26. The van der Waals surface area contributed by atoms with E-state index in [-0.39, 0.29) is 24.4 Å². The maximum Gasteiger partial charge on any atom is 0.308 e. The third kappa shape index (κ3) is 6.16. The Hall–Kier alpha value is -3.57. The van der Waals surface area contributed by atoms with Crippen LogP contribution in [0.3, 0.4) is 0 Å². The number of carbonyl (C=O) groups is 1. The number of fused-ring (bicyclic) bond motifs is 1. The molecule has 8 heteroatoms. The monoisotopic (exact) mass is 496 g/mol. The minimum absolute atomic E-state index is 0.162. The maximum absolute atomic E-state index is 15.3. The lowest BCUT2D eigenvalue weighted by Crippen LogP contribution is -2.44. The molecule has 0 spiro atoms. The van der Waals surface area contributed by atoms with Crippen molar-refractivity contribution in [2.75, 3.05) is 26.7 Å². The standard InChI is InChI=1S/C28H27F3N2O3/c1-36-22-5-7-27-24(16-22)23(8-10-32-27)26(31)6-4-19-9-12-33(17-25(19)28(34)35)11-2-3-18-13-20(29)15-21(30)14-18/h5,7-8,10,13-16,19,25-26H,4,6,9,11-12,17H2,1H3,(H,34,35)/t19-,25+,26?/m1/s1. The highest BCUT2D eigenvalue weighted by Crippen LogP contribution is 2.35. The quantitative estimate of drug-likeness (QED) is 0.445. The number of benzene rings is 2. The molecule has 0 radical (unpaired) electrons. The van der Waals surface area contributed by atoms with Gasteiger partial charge in [-0.2, -0.15) is 0 Å². The zero-order valence-electron chi connectivity index (χ0n) is 19.9. The molecule has 1 aromatic heterocycles. The second kappa shape index (κ2) is 11.4. The molecule has 1 saturated heterocycles. The molecule has 1 unspecified atom stereocenters. The van der Waals surface area contributed by atoms with Gasteiger partial charge in [-0.15, -0.1) is 0 Å². The predicted molar refractivity (Wildman–Crippen MR) is 130 cm³/mol. The Labute approximate surface area is 207 Å². The first-order chi connectivity index (χ1) is 17.3. The van der Waals surface area contributed by atoms with E-state index in [0.29, 0.717) is 48.1 Å². The molecule has 2 heterocycles. The summed E-state index contributed by atoms with van der Waals surface area (Å²) in [4.78, 5) is 18.2. The summed E-state index contributed by atoms with van der Waals surface area (Å²) in [5.74, 6) is 3.10. The van der Waals surface area contributed by atoms with Gasteiger partial charge in [0, 0.05) is 29.8 Å². The average molecular weight is 497 g/mol. The summed E-state index contributed by atoms with van der Waals surface area (Å²) >= 11 is 0. The van der Waals surface area contributed by atoms with Crippen LogP contribution in [-0.2, 0) is 4.79 Å². The van der Waals surface area contributed by atoms with Gasteiger partial charge in [0.15, 0.2) is 0 Å². The number of hydrogen-bond acceptors (Lipinski definition) is 4. The Morgan fingerprint density at radius 3 is 2.72 bits per heavy atom. The number of ether oxygens (including phenoxy) is 1. The number of rotatable bonds is 7. The van der Waals surface area contributed by atoms with Crippen molar-refractivity contribution >= 4 is 16.9 Å². The number of pyridine rings is 1. The third-order valence-electron chi connectivity index (χ3n) is 6.67. The van der Waals surface area contributed by atoms with Crippen molar-refractivity contribution in [1.29, 1.82) is 0 Å². The van der Waals surface area contributed by atoms with Crippen molar-refractivity contribution in [3.8, 4) is 17.6 Å². The van der Waals surface area contributed by atoms with E-state index >= 15 is 4.39 Å². The summed E-state index contributed by atoms with van der Waals surface area (Å²) in [6.07, 6.45) is 1.57. The highest BCUT2D eigenvalue weighted by Gasteiger charge is 2.34. The van der Waals surface area contributed by atoms with Crippen LogP contribution in [0.2, 0.25) is 0 Å².